The molecule has 1 rings (SSSR count). The minimum absolute atomic E-state index is 0.754. The van der Waals surface area contributed by atoms with Gasteiger partial charge in [0.2, 0.25) is 0 Å². The van der Waals surface area contributed by atoms with Crippen LogP contribution in [0.15, 0.2) is 23.2 Å². The zero-order valence-electron chi connectivity index (χ0n) is 13.5. The van der Waals surface area contributed by atoms with Crippen molar-refractivity contribution in [1.82, 2.24) is 10.6 Å². The molecule has 1 aromatic rings. The molecule has 118 valence electrons. The Morgan fingerprint density at radius 1 is 1.19 bits per heavy atom. The van der Waals surface area contributed by atoms with Gasteiger partial charge in [0.05, 0.1) is 7.11 Å². The molecule has 0 saturated heterocycles. The van der Waals surface area contributed by atoms with Gasteiger partial charge in [0.1, 0.15) is 5.75 Å². The molecule has 0 unspecified atom stereocenters. The van der Waals surface area contributed by atoms with Crippen molar-refractivity contribution < 1.29 is 9.47 Å². The van der Waals surface area contributed by atoms with E-state index < -0.39 is 0 Å². The van der Waals surface area contributed by atoms with Crippen LogP contribution in [0.4, 0.5) is 0 Å². The number of guanidine groups is 1. The summed E-state index contributed by atoms with van der Waals surface area (Å²) in [7, 11) is 5.19. The Balaban J connectivity index is 2.39. The molecule has 21 heavy (non-hydrogen) atoms. The fraction of sp³-hybridized carbons (Fsp3) is 0.562. The van der Waals surface area contributed by atoms with Gasteiger partial charge in [-0.15, -0.1) is 0 Å². The van der Waals surface area contributed by atoms with Crippen molar-refractivity contribution in [3.05, 3.63) is 29.3 Å². The molecule has 1 aromatic carbocycles. The fourth-order valence-electron chi connectivity index (χ4n) is 2.06. The maximum Gasteiger partial charge on any atom is 0.190 e. The van der Waals surface area contributed by atoms with Crippen LogP contribution in [0.3, 0.4) is 0 Å². The third-order valence-corrected chi connectivity index (χ3v) is 3.16. The normalized spacial score (nSPS) is 11.3. The van der Waals surface area contributed by atoms with E-state index in [0.29, 0.717) is 0 Å². The van der Waals surface area contributed by atoms with Gasteiger partial charge in [-0.25, -0.2) is 0 Å². The van der Waals surface area contributed by atoms with Crippen molar-refractivity contribution in [1.29, 1.82) is 0 Å². The zero-order valence-corrected chi connectivity index (χ0v) is 13.5. The molecule has 0 bridgehead atoms. The highest BCUT2D eigenvalue weighted by molar-refractivity contribution is 5.79. The van der Waals surface area contributed by atoms with Crippen molar-refractivity contribution >= 4 is 5.96 Å². The van der Waals surface area contributed by atoms with Gasteiger partial charge in [0.25, 0.3) is 0 Å². The van der Waals surface area contributed by atoms with Gasteiger partial charge in [-0.3, -0.25) is 4.99 Å². The van der Waals surface area contributed by atoms with E-state index in [2.05, 4.69) is 34.7 Å². The minimum atomic E-state index is 0.754. The number of aliphatic imine (C=N–C) groups is 1. The Morgan fingerprint density at radius 3 is 2.62 bits per heavy atom. The molecule has 5 heteroatoms. The number of nitrogens with one attached hydrogen (secondary N) is 2. The Morgan fingerprint density at radius 2 is 1.95 bits per heavy atom. The monoisotopic (exact) mass is 293 g/mol. The van der Waals surface area contributed by atoms with E-state index in [4.69, 9.17) is 9.47 Å². The summed E-state index contributed by atoms with van der Waals surface area (Å²) in [5, 5.41) is 6.57. The van der Waals surface area contributed by atoms with E-state index in [1.807, 2.05) is 6.07 Å². The van der Waals surface area contributed by atoms with Crippen LogP contribution >= 0.6 is 0 Å². The molecular formula is C16H27N3O2. The first-order chi connectivity index (χ1) is 10.2. The molecule has 0 saturated carbocycles. The molecule has 0 atom stereocenters. The molecule has 0 aliphatic rings. The Labute approximate surface area is 127 Å². The van der Waals surface area contributed by atoms with E-state index in [9.17, 15) is 0 Å². The Kier molecular flexibility index (Phi) is 8.28. The van der Waals surface area contributed by atoms with Gasteiger partial charge in [-0.1, -0.05) is 17.7 Å². The number of methoxy groups -OCH3 is 2. The highest BCUT2D eigenvalue weighted by Crippen LogP contribution is 2.19. The third-order valence-electron chi connectivity index (χ3n) is 3.16. The van der Waals surface area contributed by atoms with E-state index in [0.717, 1.165) is 44.2 Å². The summed E-state index contributed by atoms with van der Waals surface area (Å²) in [6.45, 7) is 4.50. The van der Waals surface area contributed by atoms with Crippen LogP contribution in [0.5, 0.6) is 5.75 Å². The molecule has 0 aromatic heterocycles. The molecule has 0 radical (unpaired) electrons. The lowest BCUT2D eigenvalue weighted by Gasteiger charge is -2.13. The largest absolute Gasteiger partial charge is 0.496 e. The van der Waals surface area contributed by atoms with Gasteiger partial charge in [-0.2, -0.15) is 0 Å². The fourth-order valence-corrected chi connectivity index (χ4v) is 2.06. The van der Waals surface area contributed by atoms with Crippen molar-refractivity contribution in [2.24, 2.45) is 4.99 Å². The summed E-state index contributed by atoms with van der Waals surface area (Å²) < 4.78 is 10.4. The summed E-state index contributed by atoms with van der Waals surface area (Å²) in [6, 6.07) is 6.24. The summed E-state index contributed by atoms with van der Waals surface area (Å²) >= 11 is 0. The SMILES string of the molecule is CN=C(NCCCOC)NCCc1cc(C)ccc1OC. The van der Waals surface area contributed by atoms with Crippen LogP contribution in [0, 0.1) is 6.92 Å². The lowest BCUT2D eigenvalue weighted by Crippen LogP contribution is -2.39. The van der Waals surface area contributed by atoms with Crippen LogP contribution in [0.1, 0.15) is 17.5 Å². The second-order valence-corrected chi connectivity index (χ2v) is 4.84. The molecule has 0 amide bonds. The van der Waals surface area contributed by atoms with Crippen molar-refractivity contribution in [2.75, 3.05) is 41.0 Å². The van der Waals surface area contributed by atoms with E-state index >= 15 is 0 Å². The summed E-state index contributed by atoms with van der Waals surface area (Å²) in [5.74, 6) is 1.75. The molecule has 5 nitrogen and oxygen atoms in total. The Hall–Kier alpha value is -1.75. The predicted molar refractivity (Wildman–Crippen MR) is 87.3 cm³/mol. The number of rotatable bonds is 8. The van der Waals surface area contributed by atoms with Gasteiger partial charge in [-0.05, 0) is 31.4 Å². The van der Waals surface area contributed by atoms with E-state index in [-0.39, 0.29) is 0 Å². The lowest BCUT2D eigenvalue weighted by molar-refractivity contribution is 0.195. The predicted octanol–water partition coefficient (Wildman–Crippen LogP) is 1.75. The average Bonchev–Trinajstić information content (AvgIpc) is 2.50. The van der Waals surface area contributed by atoms with Crippen molar-refractivity contribution in [2.45, 2.75) is 19.8 Å². The summed E-state index contributed by atoms with van der Waals surface area (Å²) in [4.78, 5) is 4.20. The zero-order chi connectivity index (χ0) is 15.5. The van der Waals surface area contributed by atoms with Gasteiger partial charge >= 0.3 is 0 Å². The smallest absolute Gasteiger partial charge is 0.190 e. The van der Waals surface area contributed by atoms with Crippen LogP contribution in [-0.2, 0) is 11.2 Å². The third kappa shape index (κ3) is 6.49. The number of hydrogen-bond acceptors (Lipinski definition) is 3. The number of ether oxygens (including phenoxy) is 2. The highest BCUT2D eigenvalue weighted by Gasteiger charge is 2.04. The molecule has 0 aliphatic carbocycles. The second-order valence-electron chi connectivity index (χ2n) is 4.84. The van der Waals surface area contributed by atoms with E-state index in [1.54, 1.807) is 21.3 Å². The molecular weight excluding hydrogens is 266 g/mol. The summed E-state index contributed by atoms with van der Waals surface area (Å²) in [5.41, 5.74) is 2.45. The lowest BCUT2D eigenvalue weighted by atomic mass is 10.1. The first-order valence-corrected chi connectivity index (χ1v) is 7.28. The second kappa shape index (κ2) is 10.0. The van der Waals surface area contributed by atoms with Crippen LogP contribution in [0.2, 0.25) is 0 Å². The average molecular weight is 293 g/mol. The van der Waals surface area contributed by atoms with E-state index in [1.165, 1.54) is 11.1 Å². The van der Waals surface area contributed by atoms with Crippen LogP contribution in [-0.4, -0.2) is 46.9 Å². The van der Waals surface area contributed by atoms with Gasteiger partial charge in [0, 0.05) is 33.9 Å². The first-order valence-electron chi connectivity index (χ1n) is 7.28. The molecule has 2 N–H and O–H groups in total. The number of hydrogen-bond donors (Lipinski definition) is 2. The number of nitrogens with zero attached hydrogens (tertiary/aromatic N) is 1. The highest BCUT2D eigenvalue weighted by atomic mass is 16.5. The molecule has 0 heterocycles. The maximum absolute atomic E-state index is 5.39. The topological polar surface area (TPSA) is 54.9 Å². The van der Waals surface area contributed by atoms with Crippen molar-refractivity contribution in [3.8, 4) is 5.75 Å². The quantitative estimate of drug-likeness (QED) is 0.435. The first kappa shape index (κ1) is 17.3. The van der Waals surface area contributed by atoms with Crippen molar-refractivity contribution in [3.63, 3.8) is 0 Å². The molecule has 0 spiro atoms. The minimum Gasteiger partial charge on any atom is -0.496 e. The van der Waals surface area contributed by atoms with Gasteiger partial charge < -0.3 is 20.1 Å². The molecule has 0 aliphatic heterocycles. The van der Waals surface area contributed by atoms with Crippen LogP contribution < -0.4 is 15.4 Å². The number of aryl methyl sites for hydroxylation is 1. The standard InChI is InChI=1S/C16H27N3O2/c1-13-6-7-15(21-4)14(12-13)8-10-19-16(17-2)18-9-5-11-20-3/h6-7,12H,5,8-11H2,1-4H3,(H2,17,18,19). The van der Waals surface area contributed by atoms with Gasteiger partial charge in [0.15, 0.2) is 5.96 Å². The Bertz CT molecular complexity index is 447. The maximum atomic E-state index is 5.39. The number of benzene rings is 1. The molecule has 0 fully saturated rings. The van der Waals surface area contributed by atoms with Crippen LogP contribution in [0.25, 0.3) is 0 Å². The summed E-state index contributed by atoms with van der Waals surface area (Å²) in [6.07, 6.45) is 1.85.